The maximum absolute atomic E-state index is 11.3. The van der Waals surface area contributed by atoms with E-state index in [0.717, 1.165) is 39.0 Å². The van der Waals surface area contributed by atoms with Gasteiger partial charge in [0, 0.05) is 49.1 Å². The fourth-order valence-corrected chi connectivity index (χ4v) is 3.69. The number of nitrogens with one attached hydrogen (secondary N) is 3. The molecule has 0 unspecified atom stereocenters. The lowest BCUT2D eigenvalue weighted by Gasteiger charge is -2.32. The number of anilines is 1. The lowest BCUT2D eigenvalue weighted by Crippen LogP contribution is -2.38. The van der Waals surface area contributed by atoms with E-state index in [-0.39, 0.29) is 5.56 Å². The molecular formula is C20H24N6O2. The zero-order chi connectivity index (χ0) is 19.3. The summed E-state index contributed by atoms with van der Waals surface area (Å²) in [4.78, 5) is 25.3. The Morgan fingerprint density at radius 1 is 1.21 bits per heavy atom. The first-order valence-electron chi connectivity index (χ1n) is 9.51. The molecular weight excluding hydrogens is 356 g/mol. The topological polar surface area (TPSA) is 106 Å². The summed E-state index contributed by atoms with van der Waals surface area (Å²) in [6, 6.07) is 8.36. The Labute approximate surface area is 163 Å². The van der Waals surface area contributed by atoms with Crippen LogP contribution >= 0.6 is 0 Å². The predicted octanol–water partition coefficient (Wildman–Crippen LogP) is 2.08. The summed E-state index contributed by atoms with van der Waals surface area (Å²) in [5.74, 6) is 0.645. The van der Waals surface area contributed by atoms with Gasteiger partial charge in [0.2, 0.25) is 5.95 Å². The van der Waals surface area contributed by atoms with Crippen molar-refractivity contribution in [3.8, 4) is 0 Å². The van der Waals surface area contributed by atoms with Crippen LogP contribution in [0.5, 0.6) is 0 Å². The maximum atomic E-state index is 11.3. The van der Waals surface area contributed by atoms with Gasteiger partial charge in [0.1, 0.15) is 0 Å². The molecule has 1 amide bonds. The minimum absolute atomic E-state index is 0.239. The average molecular weight is 380 g/mol. The van der Waals surface area contributed by atoms with Gasteiger partial charge in [-0.2, -0.15) is 0 Å². The maximum Gasteiger partial charge on any atom is 0.277 e. The highest BCUT2D eigenvalue weighted by Crippen LogP contribution is 2.21. The van der Waals surface area contributed by atoms with E-state index in [9.17, 15) is 4.79 Å². The zero-order valence-corrected chi connectivity index (χ0v) is 15.6. The molecule has 8 heteroatoms. The number of hydrogen-bond donors (Lipinski definition) is 4. The Balaban J connectivity index is 1.25. The molecule has 4 N–H and O–H groups in total. The molecule has 0 bridgehead atoms. The second-order valence-electron chi connectivity index (χ2n) is 7.13. The first-order chi connectivity index (χ1) is 13.7. The fourth-order valence-electron chi connectivity index (χ4n) is 3.69. The number of carbonyl (C=O) groups excluding carboxylic acids is 1. The van der Waals surface area contributed by atoms with Gasteiger partial charge in [-0.3, -0.25) is 10.0 Å². The number of benzene rings is 1. The van der Waals surface area contributed by atoms with Crippen LogP contribution in [0.15, 0.2) is 42.9 Å². The minimum Gasteiger partial charge on any atom is -0.361 e. The Hall–Kier alpha value is -2.97. The number of amides is 1. The number of carbonyl (C=O) groups is 1. The monoisotopic (exact) mass is 380 g/mol. The molecule has 3 heterocycles. The Bertz CT molecular complexity index is 931. The van der Waals surface area contributed by atoms with Crippen LogP contribution in [-0.2, 0) is 6.54 Å². The molecule has 146 valence electrons. The lowest BCUT2D eigenvalue weighted by molar-refractivity contribution is 0.0705. The summed E-state index contributed by atoms with van der Waals surface area (Å²) in [7, 11) is 0. The van der Waals surface area contributed by atoms with Gasteiger partial charge < -0.3 is 15.2 Å². The SMILES string of the molecule is O=C(NO)c1cnc(N2CCC(CNCc3c[nH]c4ccccc34)CC2)nc1. The molecule has 3 aromatic rings. The highest BCUT2D eigenvalue weighted by Gasteiger charge is 2.21. The van der Waals surface area contributed by atoms with Gasteiger partial charge >= 0.3 is 0 Å². The Morgan fingerprint density at radius 3 is 2.71 bits per heavy atom. The molecule has 0 saturated carbocycles. The van der Waals surface area contributed by atoms with Crippen LogP contribution < -0.4 is 15.7 Å². The molecule has 0 radical (unpaired) electrons. The lowest BCUT2D eigenvalue weighted by atomic mass is 9.97. The minimum atomic E-state index is -0.605. The summed E-state index contributed by atoms with van der Waals surface area (Å²) in [5, 5.41) is 13.5. The van der Waals surface area contributed by atoms with E-state index >= 15 is 0 Å². The van der Waals surface area contributed by atoms with E-state index in [4.69, 9.17) is 5.21 Å². The number of aromatic amines is 1. The number of para-hydroxylation sites is 1. The van der Waals surface area contributed by atoms with Gasteiger partial charge in [0.05, 0.1) is 5.56 Å². The quantitative estimate of drug-likeness (QED) is 0.385. The molecule has 0 atom stereocenters. The van der Waals surface area contributed by atoms with Gasteiger partial charge in [0.15, 0.2) is 0 Å². The van der Waals surface area contributed by atoms with Crippen molar-refractivity contribution in [1.29, 1.82) is 0 Å². The highest BCUT2D eigenvalue weighted by molar-refractivity contribution is 5.92. The van der Waals surface area contributed by atoms with Crippen LogP contribution in [-0.4, -0.2) is 45.7 Å². The molecule has 0 aliphatic carbocycles. The van der Waals surface area contributed by atoms with Crippen LogP contribution in [0.1, 0.15) is 28.8 Å². The second-order valence-corrected chi connectivity index (χ2v) is 7.13. The van der Waals surface area contributed by atoms with Crippen molar-refractivity contribution in [2.24, 2.45) is 5.92 Å². The van der Waals surface area contributed by atoms with Gasteiger partial charge in [-0.15, -0.1) is 0 Å². The summed E-state index contributed by atoms with van der Waals surface area (Å²) >= 11 is 0. The normalized spacial score (nSPS) is 15.1. The summed E-state index contributed by atoms with van der Waals surface area (Å²) < 4.78 is 0. The number of piperidine rings is 1. The van der Waals surface area contributed by atoms with Crippen LogP contribution in [0.3, 0.4) is 0 Å². The smallest absolute Gasteiger partial charge is 0.277 e. The van der Waals surface area contributed by atoms with Crippen molar-refractivity contribution in [2.75, 3.05) is 24.5 Å². The van der Waals surface area contributed by atoms with E-state index in [0.29, 0.717) is 11.9 Å². The summed E-state index contributed by atoms with van der Waals surface area (Å²) in [6.07, 6.45) is 7.09. The van der Waals surface area contributed by atoms with Crippen molar-refractivity contribution >= 4 is 22.8 Å². The Morgan fingerprint density at radius 2 is 1.96 bits per heavy atom. The molecule has 1 aliphatic rings. The van der Waals surface area contributed by atoms with Crippen molar-refractivity contribution in [2.45, 2.75) is 19.4 Å². The molecule has 4 rings (SSSR count). The molecule has 1 aliphatic heterocycles. The second kappa shape index (κ2) is 8.37. The van der Waals surface area contributed by atoms with Crippen molar-refractivity contribution in [3.05, 3.63) is 54.0 Å². The molecule has 28 heavy (non-hydrogen) atoms. The summed E-state index contributed by atoms with van der Waals surface area (Å²) in [5.41, 5.74) is 4.30. The van der Waals surface area contributed by atoms with Gasteiger partial charge in [-0.1, -0.05) is 18.2 Å². The molecule has 1 fully saturated rings. The standard InChI is InChI=1S/C20H24N6O2/c27-19(25-28)16-12-23-20(24-13-16)26-7-5-14(6-8-26)9-21-10-15-11-22-18-4-2-1-3-17(15)18/h1-4,11-14,21-22,28H,5-10H2,(H,25,27). The van der Waals surface area contributed by atoms with Gasteiger partial charge in [-0.05, 0) is 36.9 Å². The third-order valence-electron chi connectivity index (χ3n) is 5.32. The number of hydrogen-bond acceptors (Lipinski definition) is 6. The predicted molar refractivity (Wildman–Crippen MR) is 106 cm³/mol. The number of fused-ring (bicyclic) bond motifs is 1. The average Bonchev–Trinajstić information content (AvgIpc) is 3.17. The first kappa shape index (κ1) is 18.4. The van der Waals surface area contributed by atoms with E-state index in [1.54, 1.807) is 5.48 Å². The molecule has 0 spiro atoms. The van der Waals surface area contributed by atoms with E-state index in [1.165, 1.54) is 28.9 Å². The van der Waals surface area contributed by atoms with Gasteiger partial charge in [0.25, 0.3) is 5.91 Å². The third-order valence-corrected chi connectivity index (χ3v) is 5.32. The van der Waals surface area contributed by atoms with Crippen LogP contribution in [0.4, 0.5) is 5.95 Å². The zero-order valence-electron chi connectivity index (χ0n) is 15.6. The van der Waals surface area contributed by atoms with Crippen molar-refractivity contribution < 1.29 is 10.0 Å². The first-order valence-corrected chi connectivity index (χ1v) is 9.51. The van der Waals surface area contributed by atoms with Crippen LogP contribution in [0, 0.1) is 5.92 Å². The summed E-state index contributed by atoms with van der Waals surface area (Å²) in [6.45, 7) is 3.64. The van der Waals surface area contributed by atoms with Crippen molar-refractivity contribution in [1.82, 2.24) is 25.7 Å². The van der Waals surface area contributed by atoms with Gasteiger partial charge in [-0.25, -0.2) is 15.4 Å². The molecule has 2 aromatic heterocycles. The Kier molecular flexibility index (Phi) is 5.50. The number of hydroxylamine groups is 1. The number of rotatable bonds is 6. The van der Waals surface area contributed by atoms with Crippen LogP contribution in [0.2, 0.25) is 0 Å². The van der Waals surface area contributed by atoms with Crippen LogP contribution in [0.25, 0.3) is 10.9 Å². The largest absolute Gasteiger partial charge is 0.361 e. The highest BCUT2D eigenvalue weighted by atomic mass is 16.5. The molecule has 8 nitrogen and oxygen atoms in total. The van der Waals surface area contributed by atoms with Crippen molar-refractivity contribution in [3.63, 3.8) is 0 Å². The molecule has 1 saturated heterocycles. The van der Waals surface area contributed by atoms with E-state index < -0.39 is 5.91 Å². The third kappa shape index (κ3) is 3.97. The van der Waals surface area contributed by atoms with E-state index in [1.807, 2.05) is 6.07 Å². The number of nitrogens with zero attached hydrogens (tertiary/aromatic N) is 3. The number of H-pyrrole nitrogens is 1. The van der Waals surface area contributed by atoms with E-state index in [2.05, 4.69) is 49.6 Å². The molecule has 1 aromatic carbocycles. The fraction of sp³-hybridized carbons (Fsp3) is 0.350. The number of aromatic nitrogens is 3.